The van der Waals surface area contributed by atoms with Gasteiger partial charge in [-0.3, -0.25) is 9.89 Å². The molecule has 1 aromatic carbocycles. The molecule has 1 aliphatic carbocycles. The highest BCUT2D eigenvalue weighted by molar-refractivity contribution is 5.88. The standard InChI is InChI=1S/C19H21N3O2/c1-2-12-6-7-18-15(8-12)13(11-24-18)9-19(23)20-10-17-14-4-3-5-16(14)21-22-17/h6-8,11H,2-5,9-10H2,1H3,(H,20,23)(H,21,22). The molecule has 1 aliphatic rings. The summed E-state index contributed by atoms with van der Waals surface area (Å²) in [7, 11) is 0. The summed E-state index contributed by atoms with van der Waals surface area (Å²) in [6.07, 6.45) is 6.28. The van der Waals surface area contributed by atoms with E-state index >= 15 is 0 Å². The maximum absolute atomic E-state index is 12.3. The number of H-pyrrole nitrogens is 1. The molecular weight excluding hydrogens is 302 g/mol. The van der Waals surface area contributed by atoms with Crippen molar-refractivity contribution in [1.29, 1.82) is 0 Å². The van der Waals surface area contributed by atoms with Crippen LogP contribution in [0.25, 0.3) is 11.0 Å². The topological polar surface area (TPSA) is 70.9 Å². The quantitative estimate of drug-likeness (QED) is 0.758. The van der Waals surface area contributed by atoms with Crippen molar-refractivity contribution in [1.82, 2.24) is 15.5 Å². The van der Waals surface area contributed by atoms with Gasteiger partial charge in [-0.15, -0.1) is 0 Å². The van der Waals surface area contributed by atoms with Gasteiger partial charge in [-0.25, -0.2) is 0 Å². The van der Waals surface area contributed by atoms with Crippen molar-refractivity contribution >= 4 is 16.9 Å². The number of hydrogen-bond acceptors (Lipinski definition) is 3. The van der Waals surface area contributed by atoms with Gasteiger partial charge in [-0.2, -0.15) is 5.10 Å². The van der Waals surface area contributed by atoms with Crippen LogP contribution in [0, 0.1) is 0 Å². The van der Waals surface area contributed by atoms with Gasteiger partial charge in [-0.05, 0) is 48.9 Å². The van der Waals surface area contributed by atoms with Crippen LogP contribution in [0.15, 0.2) is 28.9 Å². The minimum absolute atomic E-state index is 0.00523. The average molecular weight is 323 g/mol. The molecule has 2 N–H and O–H groups in total. The van der Waals surface area contributed by atoms with Crippen LogP contribution >= 0.6 is 0 Å². The lowest BCUT2D eigenvalue weighted by atomic mass is 10.1. The largest absolute Gasteiger partial charge is 0.464 e. The lowest BCUT2D eigenvalue weighted by Crippen LogP contribution is -2.25. The molecular formula is C19H21N3O2. The van der Waals surface area contributed by atoms with E-state index in [9.17, 15) is 4.79 Å². The van der Waals surface area contributed by atoms with Gasteiger partial charge >= 0.3 is 0 Å². The molecule has 1 amide bonds. The fourth-order valence-corrected chi connectivity index (χ4v) is 3.44. The van der Waals surface area contributed by atoms with Crippen LogP contribution in [0.1, 0.15) is 41.4 Å². The van der Waals surface area contributed by atoms with Gasteiger partial charge in [0.15, 0.2) is 0 Å². The molecule has 0 unspecified atom stereocenters. The Morgan fingerprint density at radius 1 is 1.38 bits per heavy atom. The van der Waals surface area contributed by atoms with Gasteiger partial charge in [0.1, 0.15) is 5.58 Å². The van der Waals surface area contributed by atoms with Crippen LogP contribution in [-0.2, 0) is 37.0 Å². The van der Waals surface area contributed by atoms with Crippen LogP contribution in [0.3, 0.4) is 0 Å². The third-order valence-corrected chi connectivity index (χ3v) is 4.82. The first-order valence-electron chi connectivity index (χ1n) is 8.55. The molecule has 2 aromatic heterocycles. The second-order valence-electron chi connectivity index (χ2n) is 6.38. The molecule has 0 fully saturated rings. The molecule has 4 rings (SSSR count). The zero-order valence-electron chi connectivity index (χ0n) is 13.8. The van der Waals surface area contributed by atoms with Gasteiger partial charge in [0, 0.05) is 16.6 Å². The Bertz CT molecular complexity index is 891. The first-order chi connectivity index (χ1) is 11.7. The fourth-order valence-electron chi connectivity index (χ4n) is 3.44. The monoisotopic (exact) mass is 323 g/mol. The Morgan fingerprint density at radius 3 is 3.17 bits per heavy atom. The number of nitrogens with one attached hydrogen (secondary N) is 2. The fraction of sp³-hybridized carbons (Fsp3) is 0.368. The molecule has 5 nitrogen and oxygen atoms in total. The van der Waals surface area contributed by atoms with Crippen LogP contribution in [0.4, 0.5) is 0 Å². The molecule has 2 heterocycles. The minimum atomic E-state index is -0.00523. The summed E-state index contributed by atoms with van der Waals surface area (Å²) < 4.78 is 5.56. The number of aryl methyl sites for hydroxylation is 2. The van der Waals surface area contributed by atoms with E-state index in [0.29, 0.717) is 13.0 Å². The summed E-state index contributed by atoms with van der Waals surface area (Å²) >= 11 is 0. The number of fused-ring (bicyclic) bond motifs is 2. The number of benzene rings is 1. The smallest absolute Gasteiger partial charge is 0.224 e. The van der Waals surface area contributed by atoms with Crippen LogP contribution in [0.5, 0.6) is 0 Å². The second-order valence-corrected chi connectivity index (χ2v) is 6.38. The van der Waals surface area contributed by atoms with Crippen molar-refractivity contribution in [3.8, 4) is 0 Å². The number of amides is 1. The molecule has 124 valence electrons. The maximum atomic E-state index is 12.3. The number of furan rings is 1. The van der Waals surface area contributed by atoms with Crippen molar-refractivity contribution < 1.29 is 9.21 Å². The zero-order valence-corrected chi connectivity index (χ0v) is 13.8. The summed E-state index contributed by atoms with van der Waals surface area (Å²) in [5, 5.41) is 11.4. The van der Waals surface area contributed by atoms with Crippen molar-refractivity contribution in [3.05, 3.63) is 52.5 Å². The van der Waals surface area contributed by atoms with Crippen LogP contribution in [-0.4, -0.2) is 16.1 Å². The Balaban J connectivity index is 1.44. The summed E-state index contributed by atoms with van der Waals surface area (Å²) in [6.45, 7) is 2.61. The highest BCUT2D eigenvalue weighted by atomic mass is 16.3. The minimum Gasteiger partial charge on any atom is -0.464 e. The first kappa shape index (κ1) is 15.0. The summed E-state index contributed by atoms with van der Waals surface area (Å²) in [4.78, 5) is 12.3. The normalized spacial score (nSPS) is 13.4. The van der Waals surface area contributed by atoms with E-state index < -0.39 is 0 Å². The first-order valence-corrected chi connectivity index (χ1v) is 8.55. The average Bonchev–Trinajstić information content (AvgIpc) is 3.29. The van der Waals surface area contributed by atoms with Gasteiger partial charge in [0.25, 0.3) is 0 Å². The van der Waals surface area contributed by atoms with Gasteiger partial charge in [-0.1, -0.05) is 13.0 Å². The lowest BCUT2D eigenvalue weighted by Gasteiger charge is -2.04. The van der Waals surface area contributed by atoms with Gasteiger partial charge in [0.2, 0.25) is 5.91 Å². The predicted molar refractivity (Wildman–Crippen MR) is 91.8 cm³/mol. The number of carbonyl (C=O) groups is 1. The molecule has 0 saturated carbocycles. The molecule has 0 bridgehead atoms. The molecule has 0 saturated heterocycles. The summed E-state index contributed by atoms with van der Waals surface area (Å²) in [5.74, 6) is -0.00523. The van der Waals surface area contributed by atoms with Crippen LogP contribution < -0.4 is 5.32 Å². The SMILES string of the molecule is CCc1ccc2occ(CC(=O)NCc3n[nH]c4c3CCC4)c2c1. The Kier molecular flexibility index (Phi) is 3.84. The van der Waals surface area contributed by atoms with Crippen molar-refractivity contribution in [2.75, 3.05) is 0 Å². The van der Waals surface area contributed by atoms with E-state index in [4.69, 9.17) is 4.42 Å². The molecule has 0 radical (unpaired) electrons. The number of aromatic amines is 1. The molecule has 3 aromatic rings. The lowest BCUT2D eigenvalue weighted by molar-refractivity contribution is -0.120. The zero-order chi connectivity index (χ0) is 16.5. The third-order valence-electron chi connectivity index (χ3n) is 4.82. The van der Waals surface area contributed by atoms with E-state index in [-0.39, 0.29) is 5.91 Å². The number of rotatable bonds is 5. The van der Waals surface area contributed by atoms with Crippen molar-refractivity contribution in [2.24, 2.45) is 0 Å². The molecule has 0 aliphatic heterocycles. The van der Waals surface area contributed by atoms with E-state index in [2.05, 4.69) is 34.6 Å². The molecule has 0 spiro atoms. The molecule has 24 heavy (non-hydrogen) atoms. The maximum Gasteiger partial charge on any atom is 0.224 e. The van der Waals surface area contributed by atoms with Crippen molar-refractivity contribution in [2.45, 2.75) is 45.6 Å². The molecule has 0 atom stereocenters. The van der Waals surface area contributed by atoms with E-state index in [0.717, 1.165) is 41.5 Å². The predicted octanol–water partition coefficient (Wildman–Crippen LogP) is 3.07. The second kappa shape index (κ2) is 6.15. The van der Waals surface area contributed by atoms with Crippen LogP contribution in [0.2, 0.25) is 0 Å². The summed E-state index contributed by atoms with van der Waals surface area (Å²) in [5.41, 5.74) is 6.51. The summed E-state index contributed by atoms with van der Waals surface area (Å²) in [6, 6.07) is 6.15. The number of carbonyl (C=O) groups excluding carboxylic acids is 1. The third kappa shape index (κ3) is 2.70. The highest BCUT2D eigenvalue weighted by Gasteiger charge is 2.19. The number of aromatic nitrogens is 2. The van der Waals surface area contributed by atoms with Gasteiger partial charge in [0.05, 0.1) is 24.9 Å². The van der Waals surface area contributed by atoms with E-state index in [1.54, 1.807) is 6.26 Å². The Hall–Kier alpha value is -2.56. The molecule has 5 heteroatoms. The highest BCUT2D eigenvalue weighted by Crippen LogP contribution is 2.24. The van der Waals surface area contributed by atoms with E-state index in [1.807, 2.05) is 6.07 Å². The number of hydrogen-bond donors (Lipinski definition) is 2. The van der Waals surface area contributed by atoms with Gasteiger partial charge < -0.3 is 9.73 Å². The number of nitrogens with zero attached hydrogens (tertiary/aromatic N) is 1. The van der Waals surface area contributed by atoms with E-state index in [1.165, 1.54) is 23.2 Å². The van der Waals surface area contributed by atoms with Crippen molar-refractivity contribution in [3.63, 3.8) is 0 Å². The Morgan fingerprint density at radius 2 is 2.29 bits per heavy atom. The Labute approximate surface area is 140 Å².